The molecule has 1 unspecified atom stereocenters. The van der Waals surface area contributed by atoms with Gasteiger partial charge in [-0.2, -0.15) is 0 Å². The van der Waals surface area contributed by atoms with Crippen molar-refractivity contribution in [2.45, 2.75) is 19.9 Å². The van der Waals surface area contributed by atoms with Gasteiger partial charge in [0.05, 0.1) is 6.04 Å². The van der Waals surface area contributed by atoms with Crippen LogP contribution in [-0.2, 0) is 0 Å². The first-order chi connectivity index (χ1) is 5.74. The van der Waals surface area contributed by atoms with Crippen LogP contribution in [0.15, 0.2) is 29.3 Å². The Morgan fingerprint density at radius 3 is 2.42 bits per heavy atom. The molecule has 0 saturated carbocycles. The molecule has 0 spiro atoms. The second-order valence-electron chi connectivity index (χ2n) is 2.63. The van der Waals surface area contributed by atoms with Crippen molar-refractivity contribution < 1.29 is 0 Å². The Labute approximate surface area is 78.1 Å². The van der Waals surface area contributed by atoms with Crippen LogP contribution in [0.25, 0.3) is 0 Å². The standard InChI is InChI=1S/C10H12ClN/c1-3-12-8(2)9-4-6-10(11)7-5-9/h3-8H,1-2H3. The number of halogens is 1. The highest BCUT2D eigenvalue weighted by atomic mass is 35.5. The molecule has 1 rings (SSSR count). The topological polar surface area (TPSA) is 12.4 Å². The first-order valence-electron chi connectivity index (χ1n) is 3.97. The second-order valence-corrected chi connectivity index (χ2v) is 3.07. The first-order valence-corrected chi connectivity index (χ1v) is 4.35. The van der Waals surface area contributed by atoms with E-state index in [0.717, 1.165) is 5.02 Å². The molecule has 1 aromatic carbocycles. The predicted octanol–water partition coefficient (Wildman–Crippen LogP) is 3.49. The van der Waals surface area contributed by atoms with E-state index in [4.69, 9.17) is 11.6 Å². The molecule has 1 aromatic rings. The highest BCUT2D eigenvalue weighted by Crippen LogP contribution is 2.18. The van der Waals surface area contributed by atoms with Crippen molar-refractivity contribution in [1.82, 2.24) is 0 Å². The summed E-state index contributed by atoms with van der Waals surface area (Å²) in [4.78, 5) is 4.26. The summed E-state index contributed by atoms with van der Waals surface area (Å²) in [6, 6.07) is 8.00. The van der Waals surface area contributed by atoms with Crippen LogP contribution in [0.1, 0.15) is 25.5 Å². The van der Waals surface area contributed by atoms with Gasteiger partial charge in [-0.1, -0.05) is 23.7 Å². The zero-order chi connectivity index (χ0) is 8.97. The van der Waals surface area contributed by atoms with E-state index in [9.17, 15) is 0 Å². The van der Waals surface area contributed by atoms with Crippen LogP contribution in [0.5, 0.6) is 0 Å². The van der Waals surface area contributed by atoms with Crippen molar-refractivity contribution in [2.75, 3.05) is 0 Å². The molecular weight excluding hydrogens is 170 g/mol. The van der Waals surface area contributed by atoms with Gasteiger partial charge in [-0.3, -0.25) is 4.99 Å². The van der Waals surface area contributed by atoms with E-state index < -0.39 is 0 Å². The second kappa shape index (κ2) is 4.27. The first kappa shape index (κ1) is 9.27. The SMILES string of the molecule is CC=NC(C)c1ccc(Cl)cc1. The van der Waals surface area contributed by atoms with Gasteiger partial charge >= 0.3 is 0 Å². The highest BCUT2D eigenvalue weighted by molar-refractivity contribution is 6.30. The molecule has 0 aromatic heterocycles. The van der Waals surface area contributed by atoms with Gasteiger partial charge < -0.3 is 0 Å². The fourth-order valence-electron chi connectivity index (χ4n) is 1.05. The summed E-state index contributed by atoms with van der Waals surface area (Å²) < 4.78 is 0. The number of rotatable bonds is 2. The molecule has 0 saturated heterocycles. The summed E-state index contributed by atoms with van der Waals surface area (Å²) in [5.41, 5.74) is 1.19. The lowest BCUT2D eigenvalue weighted by Crippen LogP contribution is -1.88. The zero-order valence-electron chi connectivity index (χ0n) is 7.29. The maximum Gasteiger partial charge on any atom is 0.0716 e. The van der Waals surface area contributed by atoms with Gasteiger partial charge in [0.25, 0.3) is 0 Å². The summed E-state index contributed by atoms with van der Waals surface area (Å²) in [6.45, 7) is 3.98. The molecule has 12 heavy (non-hydrogen) atoms. The molecule has 2 heteroatoms. The van der Waals surface area contributed by atoms with E-state index in [1.54, 1.807) is 0 Å². The van der Waals surface area contributed by atoms with Gasteiger partial charge in [-0.15, -0.1) is 0 Å². The van der Waals surface area contributed by atoms with Gasteiger partial charge in [0.15, 0.2) is 0 Å². The van der Waals surface area contributed by atoms with Crippen molar-refractivity contribution in [2.24, 2.45) is 4.99 Å². The molecule has 0 radical (unpaired) electrons. The van der Waals surface area contributed by atoms with Crippen LogP contribution in [0, 0.1) is 0 Å². The molecule has 0 aliphatic rings. The van der Waals surface area contributed by atoms with Gasteiger partial charge in [0.2, 0.25) is 0 Å². The summed E-state index contributed by atoms with van der Waals surface area (Å²) in [6.07, 6.45) is 1.82. The lowest BCUT2D eigenvalue weighted by molar-refractivity contribution is 0.824. The van der Waals surface area contributed by atoms with Crippen molar-refractivity contribution in [3.63, 3.8) is 0 Å². The Balaban J connectivity index is 2.82. The molecule has 1 atom stereocenters. The maximum atomic E-state index is 5.75. The molecule has 0 amide bonds. The lowest BCUT2D eigenvalue weighted by Gasteiger charge is -2.05. The van der Waals surface area contributed by atoms with Crippen LogP contribution in [-0.4, -0.2) is 6.21 Å². The zero-order valence-corrected chi connectivity index (χ0v) is 8.05. The molecule has 0 aliphatic carbocycles. The monoisotopic (exact) mass is 181 g/mol. The third-order valence-electron chi connectivity index (χ3n) is 1.73. The average Bonchev–Trinajstić information content (AvgIpc) is 2.06. The van der Waals surface area contributed by atoms with Crippen molar-refractivity contribution in [1.29, 1.82) is 0 Å². The van der Waals surface area contributed by atoms with Crippen LogP contribution in [0.4, 0.5) is 0 Å². The average molecular weight is 182 g/mol. The Hall–Kier alpha value is -0.820. The Morgan fingerprint density at radius 2 is 1.92 bits per heavy atom. The number of hydrogen-bond donors (Lipinski definition) is 0. The minimum absolute atomic E-state index is 0.229. The number of nitrogens with zero attached hydrogens (tertiary/aromatic N) is 1. The quantitative estimate of drug-likeness (QED) is 0.620. The van der Waals surface area contributed by atoms with Gasteiger partial charge in [0.1, 0.15) is 0 Å². The highest BCUT2D eigenvalue weighted by Gasteiger charge is 2.00. The molecule has 64 valence electrons. The van der Waals surface area contributed by atoms with Crippen LogP contribution >= 0.6 is 11.6 Å². The largest absolute Gasteiger partial charge is 0.290 e. The van der Waals surface area contributed by atoms with E-state index in [2.05, 4.69) is 11.9 Å². The summed E-state index contributed by atoms with van der Waals surface area (Å²) in [5, 5.41) is 0.770. The van der Waals surface area contributed by atoms with E-state index >= 15 is 0 Å². The summed E-state index contributed by atoms with van der Waals surface area (Å²) in [7, 11) is 0. The third-order valence-corrected chi connectivity index (χ3v) is 1.98. The number of hydrogen-bond acceptors (Lipinski definition) is 1. The van der Waals surface area contributed by atoms with Gasteiger partial charge in [0, 0.05) is 5.02 Å². The Bertz CT molecular complexity index is 264. The predicted molar refractivity (Wildman–Crippen MR) is 54.0 cm³/mol. The summed E-state index contributed by atoms with van der Waals surface area (Å²) in [5.74, 6) is 0. The Kier molecular flexibility index (Phi) is 3.30. The van der Waals surface area contributed by atoms with E-state index in [1.807, 2.05) is 37.4 Å². The van der Waals surface area contributed by atoms with Crippen molar-refractivity contribution >= 4 is 17.8 Å². The van der Waals surface area contributed by atoms with Crippen LogP contribution in [0.2, 0.25) is 5.02 Å². The molecule has 0 aliphatic heterocycles. The van der Waals surface area contributed by atoms with Crippen molar-refractivity contribution in [3.8, 4) is 0 Å². The Morgan fingerprint density at radius 1 is 1.33 bits per heavy atom. The molecule has 0 bridgehead atoms. The van der Waals surface area contributed by atoms with E-state index in [1.165, 1.54) is 5.56 Å². The van der Waals surface area contributed by atoms with Crippen LogP contribution < -0.4 is 0 Å². The fourth-order valence-corrected chi connectivity index (χ4v) is 1.18. The maximum absolute atomic E-state index is 5.75. The normalized spacial score (nSPS) is 13.6. The minimum Gasteiger partial charge on any atom is -0.290 e. The van der Waals surface area contributed by atoms with E-state index in [0.29, 0.717) is 0 Å². The number of aliphatic imine (C=N–C) groups is 1. The molecule has 0 N–H and O–H groups in total. The fraction of sp³-hybridized carbons (Fsp3) is 0.300. The smallest absolute Gasteiger partial charge is 0.0716 e. The number of benzene rings is 1. The van der Waals surface area contributed by atoms with Crippen molar-refractivity contribution in [3.05, 3.63) is 34.9 Å². The summed E-state index contributed by atoms with van der Waals surface area (Å²) >= 11 is 5.75. The lowest BCUT2D eigenvalue weighted by atomic mass is 10.1. The van der Waals surface area contributed by atoms with Gasteiger partial charge in [-0.25, -0.2) is 0 Å². The molecule has 0 heterocycles. The molecule has 0 fully saturated rings. The minimum atomic E-state index is 0.229. The molecule has 1 nitrogen and oxygen atoms in total. The molecular formula is C10H12ClN. The van der Waals surface area contributed by atoms with E-state index in [-0.39, 0.29) is 6.04 Å². The van der Waals surface area contributed by atoms with Gasteiger partial charge in [-0.05, 0) is 37.8 Å². The third kappa shape index (κ3) is 2.35. The van der Waals surface area contributed by atoms with Crippen LogP contribution in [0.3, 0.4) is 0 Å².